The Labute approximate surface area is 104 Å². The summed E-state index contributed by atoms with van der Waals surface area (Å²) in [4.78, 5) is 2.49. The number of benzene rings is 1. The molecule has 2 heteroatoms. The molecule has 0 aromatic heterocycles. The van der Waals surface area contributed by atoms with E-state index >= 15 is 0 Å². The first-order chi connectivity index (χ1) is 8.29. The molecule has 1 aromatic carbocycles. The summed E-state index contributed by atoms with van der Waals surface area (Å²) in [5, 5.41) is 10.1. The summed E-state index contributed by atoms with van der Waals surface area (Å²) in [6.07, 6.45) is 3.16. The molecule has 1 heterocycles. The van der Waals surface area contributed by atoms with Gasteiger partial charge in [0.05, 0.1) is 6.10 Å². The minimum atomic E-state index is -0.308. The fourth-order valence-corrected chi connectivity index (χ4v) is 2.60. The van der Waals surface area contributed by atoms with Crippen molar-refractivity contribution in [3.05, 3.63) is 35.9 Å². The van der Waals surface area contributed by atoms with Crippen LogP contribution in [0.3, 0.4) is 0 Å². The molecule has 0 saturated carbocycles. The molecule has 2 atom stereocenters. The number of likely N-dealkylation sites (tertiary alicyclic amines) is 1. The van der Waals surface area contributed by atoms with Gasteiger partial charge in [0.1, 0.15) is 0 Å². The van der Waals surface area contributed by atoms with Crippen molar-refractivity contribution in [2.75, 3.05) is 19.6 Å². The smallest absolute Gasteiger partial charge is 0.0802 e. The van der Waals surface area contributed by atoms with E-state index in [9.17, 15) is 5.11 Å². The summed E-state index contributed by atoms with van der Waals surface area (Å²) < 4.78 is 0. The number of hydrogen-bond donors (Lipinski definition) is 1. The monoisotopic (exact) mass is 233 g/mol. The van der Waals surface area contributed by atoms with Crippen LogP contribution in [0.15, 0.2) is 30.3 Å². The molecule has 1 aromatic rings. The van der Waals surface area contributed by atoms with Gasteiger partial charge in [0.15, 0.2) is 0 Å². The lowest BCUT2D eigenvalue weighted by atomic mass is 10.1. The molecule has 0 spiro atoms. The van der Waals surface area contributed by atoms with Crippen LogP contribution < -0.4 is 0 Å². The molecule has 0 radical (unpaired) electrons. The molecular weight excluding hydrogens is 210 g/mol. The highest BCUT2D eigenvalue weighted by molar-refractivity contribution is 5.17. The lowest BCUT2D eigenvalue weighted by molar-refractivity contribution is 0.148. The Balaban J connectivity index is 1.75. The molecular formula is C15H23NO. The van der Waals surface area contributed by atoms with Crippen molar-refractivity contribution in [3.8, 4) is 0 Å². The van der Waals surface area contributed by atoms with Crippen LogP contribution in [0.1, 0.15) is 37.9 Å². The van der Waals surface area contributed by atoms with Crippen LogP contribution >= 0.6 is 0 Å². The van der Waals surface area contributed by atoms with E-state index in [1.165, 1.54) is 25.9 Å². The Hall–Kier alpha value is -0.860. The fraction of sp³-hybridized carbons (Fsp3) is 0.600. The van der Waals surface area contributed by atoms with Crippen LogP contribution in [0.25, 0.3) is 0 Å². The number of hydrogen-bond acceptors (Lipinski definition) is 2. The van der Waals surface area contributed by atoms with E-state index in [-0.39, 0.29) is 6.10 Å². The van der Waals surface area contributed by atoms with Crippen LogP contribution in [-0.4, -0.2) is 29.6 Å². The van der Waals surface area contributed by atoms with Gasteiger partial charge in [-0.1, -0.05) is 43.7 Å². The summed E-state index contributed by atoms with van der Waals surface area (Å²) in [5.74, 6) is 0.879. The Morgan fingerprint density at radius 1 is 1.35 bits per heavy atom. The highest BCUT2D eigenvalue weighted by atomic mass is 16.3. The number of aliphatic hydroxyl groups excluding tert-OH is 1. The molecule has 1 aliphatic rings. The molecule has 2 nitrogen and oxygen atoms in total. The average Bonchev–Trinajstić information content (AvgIpc) is 2.85. The summed E-state index contributed by atoms with van der Waals surface area (Å²) in [7, 11) is 0. The van der Waals surface area contributed by atoms with Crippen LogP contribution in [-0.2, 0) is 0 Å². The van der Waals surface area contributed by atoms with Crippen molar-refractivity contribution in [2.45, 2.75) is 32.3 Å². The fourth-order valence-electron chi connectivity index (χ4n) is 2.60. The van der Waals surface area contributed by atoms with Crippen molar-refractivity contribution in [1.29, 1.82) is 0 Å². The van der Waals surface area contributed by atoms with Gasteiger partial charge in [-0.2, -0.15) is 0 Å². The van der Waals surface area contributed by atoms with Crippen molar-refractivity contribution in [1.82, 2.24) is 4.90 Å². The average molecular weight is 233 g/mol. The van der Waals surface area contributed by atoms with Gasteiger partial charge < -0.3 is 10.0 Å². The molecule has 1 saturated heterocycles. The predicted molar refractivity (Wildman–Crippen MR) is 70.9 cm³/mol. The second-order valence-corrected chi connectivity index (χ2v) is 5.08. The molecule has 1 aliphatic heterocycles. The number of aliphatic hydroxyl groups is 1. The number of rotatable bonds is 5. The third-order valence-corrected chi connectivity index (χ3v) is 3.85. The largest absolute Gasteiger partial charge is 0.388 e. The minimum absolute atomic E-state index is 0.308. The predicted octanol–water partition coefficient (Wildman–Crippen LogP) is 2.84. The topological polar surface area (TPSA) is 23.5 Å². The van der Waals surface area contributed by atoms with E-state index in [2.05, 4.69) is 11.8 Å². The Kier molecular flexibility index (Phi) is 4.57. The third kappa shape index (κ3) is 3.55. The molecule has 2 unspecified atom stereocenters. The Morgan fingerprint density at radius 3 is 2.76 bits per heavy atom. The summed E-state index contributed by atoms with van der Waals surface area (Å²) >= 11 is 0. The van der Waals surface area contributed by atoms with E-state index in [0.29, 0.717) is 0 Å². The highest BCUT2D eigenvalue weighted by Crippen LogP contribution is 2.22. The Bertz CT molecular complexity index is 325. The second-order valence-electron chi connectivity index (χ2n) is 5.08. The lowest BCUT2D eigenvalue weighted by Gasteiger charge is -2.18. The zero-order valence-electron chi connectivity index (χ0n) is 10.7. The highest BCUT2D eigenvalue weighted by Gasteiger charge is 2.21. The van der Waals surface area contributed by atoms with Crippen LogP contribution in [0.5, 0.6) is 0 Å². The van der Waals surface area contributed by atoms with Crippen LogP contribution in [0.4, 0.5) is 0 Å². The maximum absolute atomic E-state index is 10.1. The normalized spacial score (nSPS) is 22.8. The molecule has 1 fully saturated rings. The van der Waals surface area contributed by atoms with E-state index in [4.69, 9.17) is 0 Å². The van der Waals surface area contributed by atoms with Gasteiger partial charge >= 0.3 is 0 Å². The zero-order valence-corrected chi connectivity index (χ0v) is 10.7. The molecule has 17 heavy (non-hydrogen) atoms. The van der Waals surface area contributed by atoms with Crippen molar-refractivity contribution in [2.24, 2.45) is 5.92 Å². The summed E-state index contributed by atoms with van der Waals surface area (Å²) in [6, 6.07) is 9.97. The van der Waals surface area contributed by atoms with Crippen LogP contribution in [0.2, 0.25) is 0 Å². The van der Waals surface area contributed by atoms with Gasteiger partial charge in [-0.15, -0.1) is 0 Å². The Morgan fingerprint density at radius 2 is 2.12 bits per heavy atom. The maximum Gasteiger partial charge on any atom is 0.0802 e. The first-order valence-electron chi connectivity index (χ1n) is 6.75. The molecule has 0 bridgehead atoms. The summed E-state index contributed by atoms with van der Waals surface area (Å²) in [6.45, 7) is 5.72. The zero-order chi connectivity index (χ0) is 12.1. The standard InChI is InChI=1S/C15H23NO/c1-2-13-8-10-16(12-13)11-9-15(17)14-6-4-3-5-7-14/h3-7,13,15,17H,2,8-12H2,1H3. The molecule has 2 rings (SSSR count). The number of nitrogens with zero attached hydrogens (tertiary/aromatic N) is 1. The molecule has 1 N–H and O–H groups in total. The molecule has 0 amide bonds. The van der Waals surface area contributed by atoms with Gasteiger partial charge in [0.2, 0.25) is 0 Å². The minimum Gasteiger partial charge on any atom is -0.388 e. The van der Waals surface area contributed by atoms with E-state index in [0.717, 1.165) is 24.4 Å². The SMILES string of the molecule is CCC1CCN(CCC(O)c2ccccc2)C1. The summed E-state index contributed by atoms with van der Waals surface area (Å²) in [5.41, 5.74) is 1.04. The first kappa shape index (κ1) is 12.6. The quantitative estimate of drug-likeness (QED) is 0.845. The van der Waals surface area contributed by atoms with E-state index < -0.39 is 0 Å². The van der Waals surface area contributed by atoms with Gasteiger partial charge in [-0.05, 0) is 30.9 Å². The van der Waals surface area contributed by atoms with Crippen molar-refractivity contribution < 1.29 is 5.11 Å². The maximum atomic E-state index is 10.1. The van der Waals surface area contributed by atoms with Gasteiger partial charge in [0, 0.05) is 13.1 Å². The van der Waals surface area contributed by atoms with Gasteiger partial charge in [-0.3, -0.25) is 0 Å². The van der Waals surface area contributed by atoms with Gasteiger partial charge in [0.25, 0.3) is 0 Å². The third-order valence-electron chi connectivity index (χ3n) is 3.85. The van der Waals surface area contributed by atoms with Crippen molar-refractivity contribution in [3.63, 3.8) is 0 Å². The van der Waals surface area contributed by atoms with E-state index in [1.54, 1.807) is 0 Å². The van der Waals surface area contributed by atoms with Crippen LogP contribution in [0, 0.1) is 5.92 Å². The first-order valence-corrected chi connectivity index (χ1v) is 6.75. The molecule has 94 valence electrons. The second kappa shape index (κ2) is 6.18. The van der Waals surface area contributed by atoms with E-state index in [1.807, 2.05) is 30.3 Å². The van der Waals surface area contributed by atoms with Crippen molar-refractivity contribution >= 4 is 0 Å². The lowest BCUT2D eigenvalue weighted by Crippen LogP contribution is -2.23. The molecule has 0 aliphatic carbocycles. The van der Waals surface area contributed by atoms with Gasteiger partial charge in [-0.25, -0.2) is 0 Å².